The molecule has 3 nitrogen and oxygen atoms in total. The standard InChI is InChI=1S/C7H5F2N3/c8-7(9)5-4-6-10-2-1-3-12(6)11-5/h1-4,7H. The Bertz CT molecular complexity index is 363. The highest BCUT2D eigenvalue weighted by Crippen LogP contribution is 2.17. The van der Waals surface area contributed by atoms with E-state index in [1.165, 1.54) is 16.8 Å². The topological polar surface area (TPSA) is 30.2 Å². The number of aromatic nitrogens is 3. The maximum atomic E-state index is 12.1. The number of hydrogen-bond donors (Lipinski definition) is 0. The van der Waals surface area contributed by atoms with E-state index in [0.717, 1.165) is 0 Å². The summed E-state index contributed by atoms with van der Waals surface area (Å²) in [7, 11) is 0. The molecule has 0 saturated heterocycles. The van der Waals surface area contributed by atoms with Crippen molar-refractivity contribution in [2.75, 3.05) is 0 Å². The zero-order valence-corrected chi connectivity index (χ0v) is 5.98. The van der Waals surface area contributed by atoms with Crippen LogP contribution in [0.2, 0.25) is 0 Å². The van der Waals surface area contributed by atoms with Crippen LogP contribution in [0.15, 0.2) is 24.5 Å². The molecule has 12 heavy (non-hydrogen) atoms. The molecule has 2 aromatic heterocycles. The molecule has 0 radical (unpaired) electrons. The average Bonchev–Trinajstić information content (AvgIpc) is 2.46. The van der Waals surface area contributed by atoms with Crippen LogP contribution < -0.4 is 0 Å². The lowest BCUT2D eigenvalue weighted by Gasteiger charge is -1.88. The van der Waals surface area contributed by atoms with Gasteiger partial charge in [-0.3, -0.25) is 0 Å². The quantitative estimate of drug-likeness (QED) is 0.649. The van der Waals surface area contributed by atoms with Crippen LogP contribution in [0.4, 0.5) is 8.78 Å². The van der Waals surface area contributed by atoms with Crippen LogP contribution in [0, 0.1) is 0 Å². The van der Waals surface area contributed by atoms with E-state index >= 15 is 0 Å². The molecule has 0 aliphatic heterocycles. The molecule has 0 aromatic carbocycles. The number of nitrogens with zero attached hydrogens (tertiary/aromatic N) is 3. The van der Waals surface area contributed by atoms with Gasteiger partial charge in [0.25, 0.3) is 6.43 Å². The van der Waals surface area contributed by atoms with Gasteiger partial charge in [0.1, 0.15) is 5.69 Å². The van der Waals surface area contributed by atoms with Crippen molar-refractivity contribution in [3.63, 3.8) is 0 Å². The molecule has 5 heteroatoms. The smallest absolute Gasteiger partial charge is 0.237 e. The van der Waals surface area contributed by atoms with Crippen LogP contribution in [0.1, 0.15) is 12.1 Å². The Kier molecular flexibility index (Phi) is 1.49. The Hall–Kier alpha value is -1.52. The van der Waals surface area contributed by atoms with Crippen LogP contribution in [0.5, 0.6) is 0 Å². The van der Waals surface area contributed by atoms with Gasteiger partial charge in [-0.05, 0) is 6.07 Å². The SMILES string of the molecule is FC(F)c1cc2ncccn2n1. The third-order valence-corrected chi connectivity index (χ3v) is 1.48. The summed E-state index contributed by atoms with van der Waals surface area (Å²) in [6, 6.07) is 2.90. The first-order valence-corrected chi connectivity index (χ1v) is 3.36. The van der Waals surface area contributed by atoms with Gasteiger partial charge in [0.05, 0.1) is 0 Å². The highest BCUT2D eigenvalue weighted by atomic mass is 19.3. The Morgan fingerprint density at radius 3 is 2.92 bits per heavy atom. The normalized spacial score (nSPS) is 11.2. The minimum Gasteiger partial charge on any atom is -0.237 e. The lowest BCUT2D eigenvalue weighted by Crippen LogP contribution is -1.89. The lowest BCUT2D eigenvalue weighted by molar-refractivity contribution is 0.145. The van der Waals surface area contributed by atoms with E-state index in [0.29, 0.717) is 5.65 Å². The number of alkyl halides is 2. The first-order valence-electron chi connectivity index (χ1n) is 3.36. The predicted molar refractivity (Wildman–Crippen MR) is 37.9 cm³/mol. The lowest BCUT2D eigenvalue weighted by atomic mass is 10.4. The Balaban J connectivity index is 2.62. The molecule has 0 unspecified atom stereocenters. The molecule has 0 bridgehead atoms. The van der Waals surface area contributed by atoms with E-state index in [1.807, 2.05) is 0 Å². The molecule has 0 spiro atoms. The van der Waals surface area contributed by atoms with Crippen LogP contribution >= 0.6 is 0 Å². The first kappa shape index (κ1) is 7.15. The molecule has 2 heterocycles. The van der Waals surface area contributed by atoms with E-state index in [-0.39, 0.29) is 5.69 Å². The van der Waals surface area contributed by atoms with Crippen molar-refractivity contribution in [3.05, 3.63) is 30.2 Å². The summed E-state index contributed by atoms with van der Waals surface area (Å²) >= 11 is 0. The van der Waals surface area contributed by atoms with Gasteiger partial charge in [-0.1, -0.05) is 0 Å². The fourth-order valence-electron chi connectivity index (χ4n) is 0.955. The minimum absolute atomic E-state index is 0.242. The van der Waals surface area contributed by atoms with E-state index < -0.39 is 6.43 Å². The predicted octanol–water partition coefficient (Wildman–Crippen LogP) is 1.67. The van der Waals surface area contributed by atoms with Gasteiger partial charge in [-0.25, -0.2) is 18.3 Å². The molecule has 0 aliphatic carbocycles. The van der Waals surface area contributed by atoms with Crippen LogP contribution in [0.3, 0.4) is 0 Å². The minimum atomic E-state index is -2.54. The van der Waals surface area contributed by atoms with Gasteiger partial charge in [-0.15, -0.1) is 0 Å². The van der Waals surface area contributed by atoms with Gasteiger partial charge in [0, 0.05) is 18.5 Å². The van der Waals surface area contributed by atoms with Crippen molar-refractivity contribution in [3.8, 4) is 0 Å². The zero-order valence-electron chi connectivity index (χ0n) is 5.98. The van der Waals surface area contributed by atoms with E-state index in [4.69, 9.17) is 0 Å². The molecule has 0 aliphatic rings. The molecule has 2 aromatic rings. The average molecular weight is 169 g/mol. The van der Waals surface area contributed by atoms with Crippen molar-refractivity contribution >= 4 is 5.65 Å². The van der Waals surface area contributed by atoms with Gasteiger partial charge in [-0.2, -0.15) is 5.10 Å². The van der Waals surface area contributed by atoms with Crippen molar-refractivity contribution in [1.82, 2.24) is 14.6 Å². The summed E-state index contributed by atoms with van der Waals surface area (Å²) in [6.07, 6.45) is 0.576. The number of fused-ring (bicyclic) bond motifs is 1. The summed E-state index contributed by atoms with van der Waals surface area (Å²) < 4.78 is 25.5. The zero-order chi connectivity index (χ0) is 8.55. The summed E-state index contributed by atoms with van der Waals surface area (Å²) in [5, 5.41) is 3.62. The highest BCUT2D eigenvalue weighted by Gasteiger charge is 2.11. The van der Waals surface area contributed by atoms with Crippen LogP contribution in [0.25, 0.3) is 5.65 Å². The molecular weight excluding hydrogens is 164 g/mol. The summed E-state index contributed by atoms with van der Waals surface area (Å²) in [4.78, 5) is 3.85. The number of halogens is 2. The maximum Gasteiger partial charge on any atom is 0.282 e. The van der Waals surface area contributed by atoms with Crippen molar-refractivity contribution in [2.45, 2.75) is 6.43 Å². The third-order valence-electron chi connectivity index (χ3n) is 1.48. The molecule has 0 N–H and O–H groups in total. The third kappa shape index (κ3) is 1.03. The van der Waals surface area contributed by atoms with Gasteiger partial charge >= 0.3 is 0 Å². The largest absolute Gasteiger partial charge is 0.282 e. The maximum absolute atomic E-state index is 12.1. The fraction of sp³-hybridized carbons (Fsp3) is 0.143. The van der Waals surface area contributed by atoms with Gasteiger partial charge in [0.2, 0.25) is 0 Å². The van der Waals surface area contributed by atoms with Gasteiger partial charge in [0.15, 0.2) is 5.65 Å². The Morgan fingerprint density at radius 2 is 2.25 bits per heavy atom. The number of hydrogen-bond acceptors (Lipinski definition) is 2. The van der Waals surface area contributed by atoms with Crippen molar-refractivity contribution in [1.29, 1.82) is 0 Å². The molecule has 0 atom stereocenters. The second-order valence-corrected chi connectivity index (χ2v) is 2.29. The summed E-state index contributed by atoms with van der Waals surface area (Å²) in [5.41, 5.74) is 0.196. The fourth-order valence-corrected chi connectivity index (χ4v) is 0.955. The number of rotatable bonds is 1. The summed E-state index contributed by atoms with van der Waals surface area (Å²) in [6.45, 7) is 0. The Morgan fingerprint density at radius 1 is 1.42 bits per heavy atom. The second-order valence-electron chi connectivity index (χ2n) is 2.29. The van der Waals surface area contributed by atoms with E-state index in [2.05, 4.69) is 10.1 Å². The second kappa shape index (κ2) is 2.51. The van der Waals surface area contributed by atoms with E-state index in [1.54, 1.807) is 12.3 Å². The molecule has 0 saturated carbocycles. The first-order chi connectivity index (χ1) is 5.77. The molecular formula is C7H5F2N3. The molecule has 62 valence electrons. The van der Waals surface area contributed by atoms with Crippen molar-refractivity contribution in [2.24, 2.45) is 0 Å². The molecule has 2 rings (SSSR count). The molecule has 0 amide bonds. The highest BCUT2D eigenvalue weighted by molar-refractivity contribution is 5.38. The van der Waals surface area contributed by atoms with Gasteiger partial charge < -0.3 is 0 Å². The van der Waals surface area contributed by atoms with Crippen LogP contribution in [-0.4, -0.2) is 14.6 Å². The van der Waals surface area contributed by atoms with E-state index in [9.17, 15) is 8.78 Å². The van der Waals surface area contributed by atoms with Crippen molar-refractivity contribution < 1.29 is 8.78 Å². The monoisotopic (exact) mass is 169 g/mol. The molecule has 0 fully saturated rings. The van der Waals surface area contributed by atoms with Crippen LogP contribution in [-0.2, 0) is 0 Å². The Labute approximate surface area is 66.7 Å². The summed E-state index contributed by atoms with van der Waals surface area (Å²) in [5.74, 6) is 0.